The zero-order chi connectivity index (χ0) is 49.9. The van der Waals surface area contributed by atoms with Crippen molar-refractivity contribution in [2.45, 2.75) is 73.0 Å². The van der Waals surface area contributed by atoms with Gasteiger partial charge < -0.3 is 9.64 Å². The fourth-order valence-electron chi connectivity index (χ4n) is 13.4. The number of thiophene rings is 1. The SMILES string of the molecule is CC(C)(C)c1ccc2c(c1)C1(c3cc(C(C)(C)C)ccc3O2)c2ccccc2-c2c(N(c3ccc4c(c3)C3(c5ccccc5Sc5ccccc53)c3ccccc3-4)c3cccc4c3sc3ccccc34)cccc21. The first kappa shape index (κ1) is 43.9. The molecule has 2 spiro atoms. The van der Waals surface area contributed by atoms with Gasteiger partial charge in [-0.3, -0.25) is 0 Å². The minimum atomic E-state index is -0.681. The molecule has 2 aliphatic carbocycles. The van der Waals surface area contributed by atoms with E-state index in [4.69, 9.17) is 4.74 Å². The zero-order valence-corrected chi connectivity index (χ0v) is 44.0. The first-order valence-electron chi connectivity index (χ1n) is 26.0. The van der Waals surface area contributed by atoms with Crippen LogP contribution in [0.1, 0.15) is 97.2 Å². The summed E-state index contributed by atoms with van der Waals surface area (Å²) in [4.78, 5) is 5.22. The Morgan fingerprint density at radius 3 is 1.58 bits per heavy atom. The number of ether oxygens (including phenoxy) is 1. The van der Waals surface area contributed by atoms with Gasteiger partial charge in [0, 0.05) is 47.6 Å². The van der Waals surface area contributed by atoms with Crippen molar-refractivity contribution in [3.05, 3.63) is 268 Å². The van der Waals surface area contributed by atoms with Gasteiger partial charge in [0.05, 0.1) is 26.9 Å². The van der Waals surface area contributed by atoms with Crippen LogP contribution in [0.15, 0.2) is 222 Å². The van der Waals surface area contributed by atoms with Gasteiger partial charge in [-0.1, -0.05) is 199 Å². The molecule has 0 saturated heterocycles. The summed E-state index contributed by atoms with van der Waals surface area (Å²) in [5, 5.41) is 2.55. The number of hydrogen-bond acceptors (Lipinski definition) is 4. The van der Waals surface area contributed by atoms with Crippen molar-refractivity contribution in [3.8, 4) is 33.8 Å². The molecule has 4 aliphatic rings. The Bertz CT molecular complexity index is 4090. The van der Waals surface area contributed by atoms with Crippen molar-refractivity contribution in [3.63, 3.8) is 0 Å². The number of fused-ring (bicyclic) bond motifs is 21. The van der Waals surface area contributed by atoms with E-state index in [1.54, 1.807) is 0 Å². The van der Waals surface area contributed by atoms with Gasteiger partial charge in [0.25, 0.3) is 0 Å². The summed E-state index contributed by atoms with van der Waals surface area (Å²) >= 11 is 3.79. The molecule has 0 atom stereocenters. The highest BCUT2D eigenvalue weighted by Gasteiger charge is 2.54. The topological polar surface area (TPSA) is 12.5 Å². The van der Waals surface area contributed by atoms with Crippen molar-refractivity contribution in [2.75, 3.05) is 4.90 Å². The number of rotatable bonds is 3. The molecule has 2 aliphatic heterocycles. The van der Waals surface area contributed by atoms with Crippen molar-refractivity contribution >= 4 is 60.3 Å². The van der Waals surface area contributed by atoms with E-state index in [0.29, 0.717) is 0 Å². The van der Waals surface area contributed by atoms with Crippen molar-refractivity contribution in [1.29, 1.82) is 0 Å². The van der Waals surface area contributed by atoms with Gasteiger partial charge in [-0.05, 0) is 139 Å². The van der Waals surface area contributed by atoms with Gasteiger partial charge in [-0.2, -0.15) is 0 Å². The smallest absolute Gasteiger partial charge is 0.132 e. The Hall–Kier alpha value is -7.63. The van der Waals surface area contributed by atoms with Crippen LogP contribution in [0, 0.1) is 0 Å². The summed E-state index contributed by atoms with van der Waals surface area (Å²) in [6.45, 7) is 13.9. The largest absolute Gasteiger partial charge is 0.457 e. The van der Waals surface area contributed by atoms with Gasteiger partial charge in [0.2, 0.25) is 0 Å². The van der Waals surface area contributed by atoms with Crippen LogP contribution >= 0.6 is 23.1 Å². The maximum atomic E-state index is 7.09. The van der Waals surface area contributed by atoms with E-state index in [2.05, 4.69) is 259 Å². The molecule has 15 rings (SSSR count). The third-order valence-corrected chi connectivity index (χ3v) is 19.1. The van der Waals surface area contributed by atoms with E-state index >= 15 is 0 Å². The minimum Gasteiger partial charge on any atom is -0.457 e. The third-order valence-electron chi connectivity index (χ3n) is 16.7. The number of benzene rings is 10. The average Bonchev–Trinajstić information content (AvgIpc) is 4.08. The lowest BCUT2D eigenvalue weighted by atomic mass is 9.64. The maximum absolute atomic E-state index is 7.09. The average molecular weight is 988 g/mol. The fourth-order valence-corrected chi connectivity index (χ4v) is 15.8. The lowest BCUT2D eigenvalue weighted by Crippen LogP contribution is -2.33. The van der Waals surface area contributed by atoms with Gasteiger partial charge >= 0.3 is 0 Å². The van der Waals surface area contributed by atoms with E-state index in [-0.39, 0.29) is 10.8 Å². The molecule has 0 N–H and O–H groups in total. The summed E-state index contributed by atoms with van der Waals surface area (Å²) in [6, 6.07) is 81.0. The number of nitrogens with zero attached hydrogens (tertiary/aromatic N) is 1. The van der Waals surface area contributed by atoms with E-state index < -0.39 is 10.8 Å². The fraction of sp³-hybridized carbons (Fsp3) is 0.143. The van der Waals surface area contributed by atoms with Crippen LogP contribution in [0.4, 0.5) is 17.1 Å². The molecule has 0 unspecified atom stereocenters. The highest BCUT2D eigenvalue weighted by Crippen LogP contribution is 2.67. The van der Waals surface area contributed by atoms with Gasteiger partial charge in [0.15, 0.2) is 0 Å². The van der Waals surface area contributed by atoms with Crippen LogP contribution in [0.3, 0.4) is 0 Å². The molecule has 10 aromatic carbocycles. The lowest BCUT2D eigenvalue weighted by molar-refractivity contribution is 0.433. The highest BCUT2D eigenvalue weighted by molar-refractivity contribution is 7.99. The second kappa shape index (κ2) is 15.5. The van der Waals surface area contributed by atoms with Crippen LogP contribution in [0.25, 0.3) is 42.4 Å². The van der Waals surface area contributed by atoms with Gasteiger partial charge in [-0.15, -0.1) is 11.3 Å². The summed E-state index contributed by atoms with van der Waals surface area (Å²) in [5.41, 5.74) is 19.9. The number of hydrogen-bond donors (Lipinski definition) is 0. The Labute approximate surface area is 442 Å². The molecular formula is C70H53NOS2. The Balaban J connectivity index is 1.07. The van der Waals surface area contributed by atoms with E-state index in [1.807, 2.05) is 23.1 Å². The molecule has 4 heteroatoms. The molecule has 2 nitrogen and oxygen atoms in total. The van der Waals surface area contributed by atoms with Crippen molar-refractivity contribution in [2.24, 2.45) is 0 Å². The van der Waals surface area contributed by atoms with Gasteiger partial charge in [-0.25, -0.2) is 0 Å². The Morgan fingerprint density at radius 2 is 0.905 bits per heavy atom. The molecule has 74 heavy (non-hydrogen) atoms. The molecule has 0 amide bonds. The van der Waals surface area contributed by atoms with Crippen LogP contribution in [0.5, 0.6) is 11.5 Å². The standard InChI is InChI=1S/C70H53NOS2/c1-67(2,3)42-33-37-60-56(39-42)70(57-40-43(68(4,5)6)34-38-61(57)72-60)51-24-11-8-21-49(51)65-54(70)27-18-28-58(65)71(59-29-17-22-48-47-20-9-14-30-62(47)74-66(48)59)44-35-36-46-45-19-7-10-23-50(45)69(55(46)41-44)52-25-12-15-31-63(52)73-64-32-16-13-26-53(64)69/h7-41H,1-6H3. The summed E-state index contributed by atoms with van der Waals surface area (Å²) in [7, 11) is 0. The van der Waals surface area contributed by atoms with Crippen LogP contribution in [-0.2, 0) is 21.7 Å². The van der Waals surface area contributed by atoms with Crippen LogP contribution in [-0.4, -0.2) is 0 Å². The first-order valence-corrected chi connectivity index (χ1v) is 27.6. The quantitative estimate of drug-likeness (QED) is 0.175. The van der Waals surface area contributed by atoms with Crippen LogP contribution in [0.2, 0.25) is 0 Å². The zero-order valence-electron chi connectivity index (χ0n) is 42.4. The van der Waals surface area contributed by atoms with Gasteiger partial charge in [0.1, 0.15) is 11.5 Å². The van der Waals surface area contributed by atoms with Crippen LogP contribution < -0.4 is 9.64 Å². The van der Waals surface area contributed by atoms with E-state index in [1.165, 1.54) is 108 Å². The molecule has 0 bridgehead atoms. The molecule has 0 fully saturated rings. The summed E-state index contributed by atoms with van der Waals surface area (Å²) < 4.78 is 9.64. The third kappa shape index (κ3) is 5.84. The first-order chi connectivity index (χ1) is 36.0. The Morgan fingerprint density at radius 1 is 0.392 bits per heavy atom. The molecule has 11 aromatic rings. The minimum absolute atomic E-state index is 0.0884. The lowest BCUT2D eigenvalue weighted by Gasteiger charge is -2.41. The molecule has 356 valence electrons. The second-order valence-corrected chi connectivity index (χ2v) is 24.9. The predicted molar refractivity (Wildman–Crippen MR) is 310 cm³/mol. The summed E-state index contributed by atoms with van der Waals surface area (Å²) in [5.74, 6) is 1.81. The Kier molecular flexibility index (Phi) is 9.17. The molecule has 0 saturated carbocycles. The predicted octanol–water partition coefficient (Wildman–Crippen LogP) is 19.4. The van der Waals surface area contributed by atoms with E-state index in [0.717, 1.165) is 28.6 Å². The molecular weight excluding hydrogens is 935 g/mol. The van der Waals surface area contributed by atoms with Crippen molar-refractivity contribution < 1.29 is 4.74 Å². The molecule has 1 aromatic heterocycles. The summed E-state index contributed by atoms with van der Waals surface area (Å²) in [6.07, 6.45) is 0. The number of anilines is 3. The van der Waals surface area contributed by atoms with E-state index in [9.17, 15) is 0 Å². The monoisotopic (exact) mass is 987 g/mol. The normalized spacial score (nSPS) is 14.9. The highest BCUT2D eigenvalue weighted by atomic mass is 32.2. The molecule has 3 heterocycles. The molecule has 0 radical (unpaired) electrons. The maximum Gasteiger partial charge on any atom is 0.132 e. The van der Waals surface area contributed by atoms with Crippen molar-refractivity contribution in [1.82, 2.24) is 0 Å². The second-order valence-electron chi connectivity index (χ2n) is 22.7.